The van der Waals surface area contributed by atoms with Crippen molar-refractivity contribution in [1.82, 2.24) is 0 Å². The van der Waals surface area contributed by atoms with Crippen LogP contribution in [0, 0.1) is 0 Å². The topological polar surface area (TPSA) is 97.3 Å². The van der Waals surface area contributed by atoms with E-state index in [0.717, 1.165) is 13.0 Å². The summed E-state index contributed by atoms with van der Waals surface area (Å²) in [4.78, 5) is 19.3. The number of rotatable bonds is 16. The third kappa shape index (κ3) is 12.4. The minimum Gasteiger partial charge on any atom is -0.779 e. The normalized spacial score (nSPS) is 25.5. The maximum Gasteiger partial charge on any atom is 0.189 e. The third-order valence-electron chi connectivity index (χ3n) is 4.28. The summed E-state index contributed by atoms with van der Waals surface area (Å²) in [5.74, 6) is -0.826. The summed E-state index contributed by atoms with van der Waals surface area (Å²) in [6, 6.07) is 0. The van der Waals surface area contributed by atoms with Crippen LogP contribution in [0.5, 0.6) is 0 Å². The molecule has 0 amide bonds. The summed E-state index contributed by atoms with van der Waals surface area (Å²) in [6.07, 6.45) is 8.69. The Hall–Kier alpha value is -0.0100. The van der Waals surface area contributed by atoms with Crippen molar-refractivity contribution in [3.8, 4) is 0 Å². The monoisotopic (exact) mass is 395 g/mol. The Labute approximate surface area is 157 Å². The summed E-state index contributed by atoms with van der Waals surface area (Å²) in [5.41, 5.74) is 0. The second kappa shape index (κ2) is 13.2. The molecule has 1 rings (SSSR count). The second-order valence-corrected chi connectivity index (χ2v) is 8.87. The molecule has 1 saturated heterocycles. The highest BCUT2D eigenvalue weighted by molar-refractivity contribution is 7.50. The molecule has 8 heteroatoms. The molecule has 26 heavy (non-hydrogen) atoms. The van der Waals surface area contributed by atoms with Crippen molar-refractivity contribution in [2.75, 3.05) is 39.2 Å². The van der Waals surface area contributed by atoms with Crippen LogP contribution in [0.25, 0.3) is 0 Å². The molecule has 0 aliphatic carbocycles. The molecule has 0 spiro atoms. The van der Waals surface area contributed by atoms with Crippen LogP contribution < -0.4 is 4.89 Å². The first-order valence-electron chi connectivity index (χ1n) is 9.85. The predicted octanol–water partition coefficient (Wildman–Crippen LogP) is 2.84. The van der Waals surface area contributed by atoms with Gasteiger partial charge in [0, 0.05) is 19.4 Å². The lowest BCUT2D eigenvalue weighted by molar-refractivity contribution is -0.196. The zero-order chi connectivity index (χ0) is 19.3. The number of unbranched alkanes of at least 4 members (excludes halogenated alkanes) is 6. The van der Waals surface area contributed by atoms with Gasteiger partial charge < -0.3 is 33.3 Å². The van der Waals surface area contributed by atoms with Gasteiger partial charge in [0.1, 0.15) is 20.3 Å². The molecule has 1 heterocycles. The van der Waals surface area contributed by atoms with Gasteiger partial charge in [0.25, 0.3) is 0 Å². The summed E-state index contributed by atoms with van der Waals surface area (Å²) in [6.45, 7) is 6.19. The van der Waals surface area contributed by atoms with Crippen molar-refractivity contribution in [2.24, 2.45) is 0 Å². The maximum atomic E-state index is 10.6. The van der Waals surface area contributed by atoms with E-state index in [4.69, 9.17) is 23.8 Å². The zero-order valence-corrected chi connectivity index (χ0v) is 17.2. The van der Waals surface area contributed by atoms with Crippen LogP contribution in [0.4, 0.5) is 0 Å². The predicted molar refractivity (Wildman–Crippen MR) is 98.2 cm³/mol. The van der Waals surface area contributed by atoms with Gasteiger partial charge in [-0.3, -0.25) is 0 Å². The molecule has 0 aromatic carbocycles. The van der Waals surface area contributed by atoms with Gasteiger partial charge in [-0.05, 0) is 19.8 Å². The molecule has 0 aromatic rings. The SMILES string of the molecule is CCCCCCCCCOCC1COC(C)(COCCCP(=O)([O-])O)O1. The van der Waals surface area contributed by atoms with Crippen LogP contribution >= 0.6 is 7.60 Å². The molecule has 3 atom stereocenters. The Bertz CT molecular complexity index is 401. The summed E-state index contributed by atoms with van der Waals surface area (Å²) in [7, 11) is -4.20. The molecule has 1 aliphatic rings. The zero-order valence-electron chi connectivity index (χ0n) is 16.3. The summed E-state index contributed by atoms with van der Waals surface area (Å²) >= 11 is 0. The lowest BCUT2D eigenvalue weighted by Gasteiger charge is -2.23. The van der Waals surface area contributed by atoms with E-state index in [1.54, 1.807) is 6.92 Å². The molecular weight excluding hydrogens is 359 g/mol. The molecule has 7 nitrogen and oxygen atoms in total. The minimum atomic E-state index is -4.20. The van der Waals surface area contributed by atoms with Crippen molar-refractivity contribution >= 4 is 7.60 Å². The van der Waals surface area contributed by atoms with E-state index in [1.165, 1.54) is 38.5 Å². The summed E-state index contributed by atoms with van der Waals surface area (Å²) < 4.78 is 33.2. The molecule has 1 fully saturated rings. The maximum absolute atomic E-state index is 10.6. The number of hydrogen-bond donors (Lipinski definition) is 1. The first-order valence-corrected chi connectivity index (χ1v) is 11.6. The van der Waals surface area contributed by atoms with Crippen LogP contribution in [-0.2, 0) is 23.5 Å². The fraction of sp³-hybridized carbons (Fsp3) is 1.00. The third-order valence-corrected chi connectivity index (χ3v) is 5.16. The van der Waals surface area contributed by atoms with Crippen LogP contribution in [0.2, 0.25) is 0 Å². The van der Waals surface area contributed by atoms with Crippen molar-refractivity contribution in [2.45, 2.75) is 77.1 Å². The van der Waals surface area contributed by atoms with Gasteiger partial charge in [0.2, 0.25) is 0 Å². The number of ether oxygens (including phenoxy) is 4. The van der Waals surface area contributed by atoms with Crippen LogP contribution in [0.1, 0.15) is 65.2 Å². The smallest absolute Gasteiger partial charge is 0.189 e. The van der Waals surface area contributed by atoms with Gasteiger partial charge in [0.05, 0.1) is 13.2 Å². The molecule has 1 N–H and O–H groups in total. The molecule has 0 radical (unpaired) electrons. The Morgan fingerprint density at radius 2 is 1.77 bits per heavy atom. The number of hydrogen-bond acceptors (Lipinski definition) is 6. The molecule has 0 bridgehead atoms. The molecule has 156 valence electrons. The van der Waals surface area contributed by atoms with Crippen LogP contribution in [0.15, 0.2) is 0 Å². The fourth-order valence-electron chi connectivity index (χ4n) is 2.85. The van der Waals surface area contributed by atoms with Crippen molar-refractivity contribution in [3.05, 3.63) is 0 Å². The van der Waals surface area contributed by atoms with E-state index < -0.39 is 13.4 Å². The largest absolute Gasteiger partial charge is 0.779 e. The van der Waals surface area contributed by atoms with E-state index in [-0.39, 0.29) is 31.9 Å². The average Bonchev–Trinajstić information content (AvgIpc) is 2.93. The van der Waals surface area contributed by atoms with E-state index in [9.17, 15) is 9.46 Å². The van der Waals surface area contributed by atoms with Gasteiger partial charge in [0.15, 0.2) is 5.79 Å². The standard InChI is InChI=1S/C18H37O7P/c1-3-4-5-6-7-8-9-11-22-14-17-15-24-18(2,25-17)16-23-12-10-13-26(19,20)21/h17H,3-16H2,1-2H3,(H2,19,20,21)/p-1. The van der Waals surface area contributed by atoms with Crippen molar-refractivity contribution in [3.63, 3.8) is 0 Å². The van der Waals surface area contributed by atoms with Crippen LogP contribution in [0.3, 0.4) is 0 Å². The first kappa shape index (κ1) is 24.0. The van der Waals surface area contributed by atoms with Gasteiger partial charge in [-0.2, -0.15) is 0 Å². The van der Waals surface area contributed by atoms with Crippen molar-refractivity contribution in [1.29, 1.82) is 0 Å². The Balaban J connectivity index is 1.98. The lowest BCUT2D eigenvalue weighted by Crippen LogP contribution is -2.33. The lowest BCUT2D eigenvalue weighted by atomic mass is 10.1. The summed E-state index contributed by atoms with van der Waals surface area (Å²) in [5, 5.41) is 0. The first-order chi connectivity index (χ1) is 12.3. The Morgan fingerprint density at radius 3 is 2.46 bits per heavy atom. The van der Waals surface area contributed by atoms with Crippen LogP contribution in [-0.4, -0.2) is 56.0 Å². The quantitative estimate of drug-likeness (QED) is 0.317. The minimum absolute atomic E-state index is 0.104. The van der Waals surface area contributed by atoms with Crippen molar-refractivity contribution < 1.29 is 33.3 Å². The molecule has 1 aliphatic heterocycles. The molecular formula is C18H36O7P-. The molecule has 0 aromatic heterocycles. The molecule has 0 saturated carbocycles. The molecule has 3 unspecified atom stereocenters. The van der Waals surface area contributed by atoms with Gasteiger partial charge >= 0.3 is 0 Å². The fourth-order valence-corrected chi connectivity index (χ4v) is 3.38. The van der Waals surface area contributed by atoms with E-state index >= 15 is 0 Å². The Morgan fingerprint density at radius 1 is 1.12 bits per heavy atom. The highest BCUT2D eigenvalue weighted by atomic mass is 31.2. The van der Waals surface area contributed by atoms with E-state index in [2.05, 4.69) is 6.92 Å². The van der Waals surface area contributed by atoms with Gasteiger partial charge in [-0.25, -0.2) is 0 Å². The van der Waals surface area contributed by atoms with Gasteiger partial charge in [-0.1, -0.05) is 45.4 Å². The highest BCUT2D eigenvalue weighted by Crippen LogP contribution is 2.29. The average molecular weight is 395 g/mol. The van der Waals surface area contributed by atoms with E-state index in [0.29, 0.717) is 13.2 Å². The highest BCUT2D eigenvalue weighted by Gasteiger charge is 2.37. The van der Waals surface area contributed by atoms with Gasteiger partial charge in [-0.15, -0.1) is 0 Å². The van der Waals surface area contributed by atoms with E-state index in [1.807, 2.05) is 0 Å². The Kier molecular flexibility index (Phi) is 12.2. The second-order valence-electron chi connectivity index (χ2n) is 7.15.